The molecule has 0 aliphatic rings. The van der Waals surface area contributed by atoms with Crippen LogP contribution in [0.1, 0.15) is 6.42 Å². The monoisotopic (exact) mass is 236 g/mol. The first-order valence-corrected chi connectivity index (χ1v) is 4.91. The van der Waals surface area contributed by atoms with Crippen LogP contribution in [0.5, 0.6) is 0 Å². The van der Waals surface area contributed by atoms with Crippen LogP contribution in [0.4, 0.5) is 4.39 Å². The number of benzene rings is 1. The third kappa shape index (κ3) is 2.83. The molecule has 0 aliphatic carbocycles. The molecule has 17 heavy (non-hydrogen) atoms. The van der Waals surface area contributed by atoms with Crippen LogP contribution in [0.15, 0.2) is 24.3 Å². The number of hydrogen-bond donors (Lipinski definition) is 1. The molecular formula is C10H9FN4O2. The van der Waals surface area contributed by atoms with Crippen LogP contribution < -0.4 is 0 Å². The number of rotatable bonds is 4. The first kappa shape index (κ1) is 11.2. The summed E-state index contributed by atoms with van der Waals surface area (Å²) in [6.45, 7) is 0.156. The number of carbonyl (C=O) groups is 1. The van der Waals surface area contributed by atoms with E-state index in [-0.39, 0.29) is 18.8 Å². The van der Waals surface area contributed by atoms with E-state index in [1.165, 1.54) is 29.1 Å². The van der Waals surface area contributed by atoms with Gasteiger partial charge in [0.2, 0.25) is 5.82 Å². The Morgan fingerprint density at radius 1 is 1.35 bits per heavy atom. The molecule has 0 spiro atoms. The minimum Gasteiger partial charge on any atom is -0.481 e. The second kappa shape index (κ2) is 4.69. The van der Waals surface area contributed by atoms with Gasteiger partial charge in [0.1, 0.15) is 5.82 Å². The van der Waals surface area contributed by atoms with Crippen LogP contribution in [-0.4, -0.2) is 31.3 Å². The summed E-state index contributed by atoms with van der Waals surface area (Å²) in [6, 6.07) is 5.67. The molecule has 0 fully saturated rings. The quantitative estimate of drug-likeness (QED) is 0.854. The third-order valence-corrected chi connectivity index (χ3v) is 2.08. The van der Waals surface area contributed by atoms with E-state index < -0.39 is 5.97 Å². The van der Waals surface area contributed by atoms with Crippen molar-refractivity contribution in [3.8, 4) is 11.4 Å². The van der Waals surface area contributed by atoms with Crippen LogP contribution in [0.2, 0.25) is 0 Å². The molecule has 1 aromatic carbocycles. The normalized spacial score (nSPS) is 10.4. The number of aliphatic carboxylic acids is 1. The zero-order valence-corrected chi connectivity index (χ0v) is 8.75. The molecule has 7 heteroatoms. The molecule has 0 saturated carbocycles. The molecule has 0 amide bonds. The van der Waals surface area contributed by atoms with Gasteiger partial charge < -0.3 is 5.11 Å². The summed E-state index contributed by atoms with van der Waals surface area (Å²) in [7, 11) is 0. The summed E-state index contributed by atoms with van der Waals surface area (Å²) in [4.78, 5) is 11.6. The zero-order valence-electron chi connectivity index (χ0n) is 8.75. The molecule has 0 radical (unpaired) electrons. The lowest BCUT2D eigenvalue weighted by Gasteiger charge is -1.94. The van der Waals surface area contributed by atoms with Crippen molar-refractivity contribution < 1.29 is 14.3 Å². The molecule has 1 aromatic heterocycles. The fourth-order valence-corrected chi connectivity index (χ4v) is 1.25. The average molecular weight is 236 g/mol. The topological polar surface area (TPSA) is 80.9 Å². The molecular weight excluding hydrogens is 227 g/mol. The van der Waals surface area contributed by atoms with E-state index in [2.05, 4.69) is 15.4 Å². The molecule has 0 saturated heterocycles. The first-order valence-electron chi connectivity index (χ1n) is 4.91. The Labute approximate surface area is 95.7 Å². The van der Waals surface area contributed by atoms with Crippen molar-refractivity contribution in [3.63, 3.8) is 0 Å². The lowest BCUT2D eigenvalue weighted by atomic mass is 10.2. The zero-order chi connectivity index (χ0) is 12.3. The Balaban J connectivity index is 2.12. The largest absolute Gasteiger partial charge is 0.481 e. The Bertz CT molecular complexity index is 523. The lowest BCUT2D eigenvalue weighted by molar-refractivity contribution is -0.137. The summed E-state index contributed by atoms with van der Waals surface area (Å²) < 4.78 is 12.7. The number of aromatic nitrogens is 4. The fraction of sp³-hybridized carbons (Fsp3) is 0.200. The van der Waals surface area contributed by atoms with Crippen molar-refractivity contribution in [2.75, 3.05) is 0 Å². The molecule has 2 aromatic rings. The third-order valence-electron chi connectivity index (χ3n) is 2.08. The number of aryl methyl sites for hydroxylation is 1. The van der Waals surface area contributed by atoms with Crippen molar-refractivity contribution in [2.45, 2.75) is 13.0 Å². The standard InChI is InChI=1S/C10H9FN4O2/c11-8-3-1-7(2-4-8)10-12-14-15(13-10)6-5-9(16)17/h1-4H,5-6H2,(H,16,17). The van der Waals surface area contributed by atoms with Crippen molar-refractivity contribution in [1.82, 2.24) is 20.2 Å². The molecule has 0 atom stereocenters. The number of carboxylic acid groups (broad SMARTS) is 1. The van der Waals surface area contributed by atoms with Crippen molar-refractivity contribution in [2.24, 2.45) is 0 Å². The lowest BCUT2D eigenvalue weighted by Crippen LogP contribution is -2.07. The summed E-state index contributed by atoms with van der Waals surface area (Å²) in [5, 5.41) is 20.0. The second-order valence-corrected chi connectivity index (χ2v) is 3.36. The van der Waals surface area contributed by atoms with Crippen molar-refractivity contribution in [1.29, 1.82) is 0 Å². The molecule has 88 valence electrons. The molecule has 2 rings (SSSR count). The van der Waals surface area contributed by atoms with Crippen LogP contribution in [0, 0.1) is 5.82 Å². The van der Waals surface area contributed by atoms with Gasteiger partial charge in [0.05, 0.1) is 13.0 Å². The maximum Gasteiger partial charge on any atom is 0.305 e. The smallest absolute Gasteiger partial charge is 0.305 e. The van der Waals surface area contributed by atoms with Gasteiger partial charge >= 0.3 is 5.97 Å². The Morgan fingerprint density at radius 3 is 2.71 bits per heavy atom. The van der Waals surface area contributed by atoms with Crippen LogP contribution in [0.25, 0.3) is 11.4 Å². The van der Waals surface area contributed by atoms with Crippen LogP contribution in [0.3, 0.4) is 0 Å². The maximum atomic E-state index is 12.7. The highest BCUT2D eigenvalue weighted by molar-refractivity contribution is 5.66. The second-order valence-electron chi connectivity index (χ2n) is 3.36. The van der Waals surface area contributed by atoms with Gasteiger partial charge in [0.15, 0.2) is 0 Å². The van der Waals surface area contributed by atoms with E-state index in [9.17, 15) is 9.18 Å². The summed E-state index contributed by atoms with van der Waals surface area (Å²) in [5.74, 6) is -0.923. The fourth-order valence-electron chi connectivity index (χ4n) is 1.25. The van der Waals surface area contributed by atoms with Gasteiger partial charge in [-0.05, 0) is 29.5 Å². The number of halogens is 1. The Hall–Kier alpha value is -2.31. The highest BCUT2D eigenvalue weighted by atomic mass is 19.1. The van der Waals surface area contributed by atoms with E-state index in [4.69, 9.17) is 5.11 Å². The summed E-state index contributed by atoms with van der Waals surface area (Å²) in [6.07, 6.45) is -0.0702. The predicted molar refractivity (Wildman–Crippen MR) is 55.5 cm³/mol. The van der Waals surface area contributed by atoms with Gasteiger partial charge in [-0.15, -0.1) is 10.2 Å². The molecule has 0 aliphatic heterocycles. The van der Waals surface area contributed by atoms with Gasteiger partial charge in [-0.2, -0.15) is 4.80 Å². The number of nitrogens with zero attached hydrogens (tertiary/aromatic N) is 4. The van der Waals surface area contributed by atoms with Crippen LogP contribution in [-0.2, 0) is 11.3 Å². The summed E-state index contributed by atoms with van der Waals surface area (Å²) in [5.41, 5.74) is 0.632. The Morgan fingerprint density at radius 2 is 2.06 bits per heavy atom. The first-order chi connectivity index (χ1) is 8.15. The van der Waals surface area contributed by atoms with E-state index in [0.717, 1.165) is 0 Å². The number of hydrogen-bond acceptors (Lipinski definition) is 4. The van der Waals surface area contributed by atoms with Gasteiger partial charge in [0, 0.05) is 5.56 Å². The number of carboxylic acids is 1. The SMILES string of the molecule is O=C(O)CCn1nnc(-c2ccc(F)cc2)n1. The van der Waals surface area contributed by atoms with E-state index in [1.807, 2.05) is 0 Å². The van der Waals surface area contributed by atoms with E-state index >= 15 is 0 Å². The molecule has 1 heterocycles. The molecule has 0 bridgehead atoms. The maximum absolute atomic E-state index is 12.7. The minimum atomic E-state index is -0.925. The predicted octanol–water partition coefficient (Wildman–Crippen LogP) is 0.954. The molecule has 6 nitrogen and oxygen atoms in total. The minimum absolute atomic E-state index is 0.0702. The molecule has 1 N–H and O–H groups in total. The van der Waals surface area contributed by atoms with Crippen molar-refractivity contribution in [3.05, 3.63) is 30.1 Å². The highest BCUT2D eigenvalue weighted by Gasteiger charge is 2.06. The molecule has 0 unspecified atom stereocenters. The van der Waals surface area contributed by atoms with Gasteiger partial charge in [-0.1, -0.05) is 0 Å². The van der Waals surface area contributed by atoms with Gasteiger partial charge in [-0.3, -0.25) is 4.79 Å². The number of tetrazole rings is 1. The Kier molecular flexibility index (Phi) is 3.08. The van der Waals surface area contributed by atoms with E-state index in [0.29, 0.717) is 11.4 Å². The average Bonchev–Trinajstić information content (AvgIpc) is 2.76. The van der Waals surface area contributed by atoms with E-state index in [1.54, 1.807) is 0 Å². The van der Waals surface area contributed by atoms with Gasteiger partial charge in [0.25, 0.3) is 0 Å². The highest BCUT2D eigenvalue weighted by Crippen LogP contribution is 2.13. The van der Waals surface area contributed by atoms with Crippen LogP contribution >= 0.6 is 0 Å². The summed E-state index contributed by atoms with van der Waals surface area (Å²) >= 11 is 0. The van der Waals surface area contributed by atoms with Crippen molar-refractivity contribution >= 4 is 5.97 Å². The van der Waals surface area contributed by atoms with Gasteiger partial charge in [-0.25, -0.2) is 4.39 Å².